The fourth-order valence-electron chi connectivity index (χ4n) is 4.51. The molecule has 0 unspecified atom stereocenters. The van der Waals surface area contributed by atoms with Gasteiger partial charge in [0.2, 0.25) is 0 Å². The molecule has 10 heteroatoms. The van der Waals surface area contributed by atoms with Crippen molar-refractivity contribution in [2.24, 2.45) is 0 Å². The van der Waals surface area contributed by atoms with Crippen LogP contribution in [0.3, 0.4) is 0 Å². The number of benzene rings is 2. The van der Waals surface area contributed by atoms with Gasteiger partial charge in [-0.05, 0) is 60.9 Å². The van der Waals surface area contributed by atoms with Crippen molar-refractivity contribution in [3.05, 3.63) is 72.4 Å². The second kappa shape index (κ2) is 8.77. The van der Waals surface area contributed by atoms with Crippen molar-refractivity contribution in [1.29, 1.82) is 0 Å². The number of likely N-dealkylation sites (tertiary alicyclic amines) is 1. The first-order valence-electron chi connectivity index (χ1n) is 11.2. The van der Waals surface area contributed by atoms with Crippen LogP contribution < -0.4 is 0 Å². The van der Waals surface area contributed by atoms with Crippen LogP contribution in [0.4, 0.5) is 13.2 Å². The molecule has 2 aromatic heterocycles. The number of sulfone groups is 1. The number of pyridine rings is 1. The molecule has 1 atom stereocenters. The highest BCUT2D eigenvalue weighted by atomic mass is 32.2. The number of aromatic nitrogens is 1. The lowest BCUT2D eigenvalue weighted by molar-refractivity contribution is -0.169. The van der Waals surface area contributed by atoms with E-state index in [0.717, 1.165) is 11.2 Å². The number of furan rings is 1. The largest absolute Gasteiger partial charge is 0.454 e. The van der Waals surface area contributed by atoms with E-state index in [0.29, 0.717) is 40.0 Å². The maximum absolute atomic E-state index is 13.4. The summed E-state index contributed by atoms with van der Waals surface area (Å²) in [6, 6.07) is 14.4. The minimum atomic E-state index is -4.47. The monoisotopic (exact) mass is 514 g/mol. The quantitative estimate of drug-likeness (QED) is 0.347. The van der Waals surface area contributed by atoms with Crippen LogP contribution in [0.1, 0.15) is 23.2 Å². The molecule has 0 radical (unpaired) electrons. The van der Waals surface area contributed by atoms with E-state index in [9.17, 15) is 26.4 Å². The van der Waals surface area contributed by atoms with Crippen molar-refractivity contribution in [1.82, 2.24) is 9.88 Å². The molecule has 186 valence electrons. The Bertz CT molecular complexity index is 1560. The fourth-order valence-corrected chi connectivity index (χ4v) is 5.14. The molecular formula is C26H21F3N2O4S. The number of hydrogen-bond donors (Lipinski definition) is 0. The van der Waals surface area contributed by atoms with E-state index in [4.69, 9.17) is 4.42 Å². The van der Waals surface area contributed by atoms with E-state index in [1.807, 2.05) is 0 Å². The minimum Gasteiger partial charge on any atom is -0.454 e. The molecule has 0 bridgehead atoms. The first-order chi connectivity index (χ1) is 17.0. The van der Waals surface area contributed by atoms with Crippen molar-refractivity contribution < 1.29 is 30.8 Å². The topological polar surface area (TPSA) is 80.5 Å². The number of halogens is 3. The van der Waals surface area contributed by atoms with Gasteiger partial charge in [0, 0.05) is 41.8 Å². The molecule has 1 fully saturated rings. The van der Waals surface area contributed by atoms with E-state index in [-0.39, 0.29) is 23.4 Å². The lowest BCUT2D eigenvalue weighted by Crippen LogP contribution is -2.44. The summed E-state index contributed by atoms with van der Waals surface area (Å²) in [4.78, 5) is 18.4. The number of fused-ring (bicyclic) bond motifs is 1. The Balaban J connectivity index is 1.50. The molecule has 0 spiro atoms. The zero-order valence-corrected chi connectivity index (χ0v) is 19.9. The number of nitrogens with zero attached hydrogens (tertiary/aromatic N) is 2. The smallest absolute Gasteiger partial charge is 0.408 e. The van der Waals surface area contributed by atoms with Gasteiger partial charge in [0.1, 0.15) is 17.3 Å². The molecule has 6 nitrogen and oxygen atoms in total. The summed E-state index contributed by atoms with van der Waals surface area (Å²) in [6.07, 6.45) is -1.55. The second-order valence-corrected chi connectivity index (χ2v) is 10.8. The maximum Gasteiger partial charge on any atom is 0.408 e. The van der Waals surface area contributed by atoms with Gasteiger partial charge < -0.3 is 9.32 Å². The molecule has 3 heterocycles. The Hall–Kier alpha value is -3.66. The average Bonchev–Trinajstić information content (AvgIpc) is 3.50. The predicted molar refractivity (Wildman–Crippen MR) is 128 cm³/mol. The normalized spacial score (nSPS) is 16.6. The second-order valence-electron chi connectivity index (χ2n) is 8.76. The Morgan fingerprint density at radius 1 is 1.06 bits per heavy atom. The number of carbonyl (C=O) groups excluding carboxylic acids is 1. The molecule has 0 N–H and O–H groups in total. The van der Waals surface area contributed by atoms with Crippen LogP contribution in [0.5, 0.6) is 0 Å². The summed E-state index contributed by atoms with van der Waals surface area (Å²) in [5.74, 6) is -0.185. The van der Waals surface area contributed by atoms with Gasteiger partial charge in [-0.25, -0.2) is 8.42 Å². The van der Waals surface area contributed by atoms with Gasteiger partial charge in [-0.2, -0.15) is 13.2 Å². The third kappa shape index (κ3) is 4.48. The third-order valence-corrected chi connectivity index (χ3v) is 7.42. The fraction of sp³-hybridized carbons (Fsp3) is 0.231. The summed E-state index contributed by atoms with van der Waals surface area (Å²) in [5, 5.41) is 0. The van der Waals surface area contributed by atoms with E-state index in [2.05, 4.69) is 4.98 Å². The number of carbonyl (C=O) groups is 1. The van der Waals surface area contributed by atoms with Gasteiger partial charge in [-0.1, -0.05) is 12.1 Å². The molecule has 1 amide bonds. The van der Waals surface area contributed by atoms with Crippen LogP contribution in [0.25, 0.3) is 33.6 Å². The van der Waals surface area contributed by atoms with E-state index in [1.54, 1.807) is 48.7 Å². The van der Waals surface area contributed by atoms with Crippen molar-refractivity contribution >= 4 is 26.8 Å². The Morgan fingerprint density at radius 2 is 1.81 bits per heavy atom. The van der Waals surface area contributed by atoms with Crippen LogP contribution >= 0.6 is 0 Å². The van der Waals surface area contributed by atoms with E-state index < -0.39 is 28.0 Å². The highest BCUT2D eigenvalue weighted by Crippen LogP contribution is 2.36. The van der Waals surface area contributed by atoms with E-state index >= 15 is 0 Å². The molecule has 1 aliphatic rings. The number of hydrogen-bond acceptors (Lipinski definition) is 5. The Kier molecular flexibility index (Phi) is 5.86. The molecule has 2 aromatic carbocycles. The molecule has 4 aromatic rings. The number of amides is 1. The van der Waals surface area contributed by atoms with Crippen molar-refractivity contribution in [2.45, 2.75) is 30.0 Å². The highest BCUT2D eigenvalue weighted by Gasteiger charge is 2.47. The lowest BCUT2D eigenvalue weighted by atomic mass is 10.0. The molecule has 0 saturated carbocycles. The predicted octanol–water partition coefficient (Wildman–Crippen LogP) is 5.73. The Morgan fingerprint density at radius 3 is 2.50 bits per heavy atom. The molecular weight excluding hydrogens is 493 g/mol. The Labute approximate surface area is 205 Å². The van der Waals surface area contributed by atoms with Crippen molar-refractivity contribution in [3.63, 3.8) is 0 Å². The highest BCUT2D eigenvalue weighted by molar-refractivity contribution is 7.90. The van der Waals surface area contributed by atoms with Crippen molar-refractivity contribution in [3.8, 4) is 22.5 Å². The van der Waals surface area contributed by atoms with Crippen molar-refractivity contribution in [2.75, 3.05) is 12.8 Å². The third-order valence-electron chi connectivity index (χ3n) is 6.29. The van der Waals surface area contributed by atoms with Gasteiger partial charge in [0.25, 0.3) is 5.91 Å². The van der Waals surface area contributed by atoms with Crippen LogP contribution in [-0.2, 0) is 9.84 Å². The first-order valence-corrected chi connectivity index (χ1v) is 13.1. The standard InChI is InChI=1S/C26H21F3N2O4S/c1-36(33,34)19-9-7-16(8-10-19)22-15-21-24(35-22)20(11-12-30-21)17-4-2-5-18(14-17)25(32)31-13-3-6-23(31)26(27,28)29/h2,4-5,7-12,14-15,23H,3,6,13H2,1H3/t23-/m0/s1. The molecule has 5 rings (SSSR count). The van der Waals surface area contributed by atoms with Crippen LogP contribution in [0, 0.1) is 0 Å². The summed E-state index contributed by atoms with van der Waals surface area (Å²) >= 11 is 0. The number of alkyl halides is 3. The summed E-state index contributed by atoms with van der Waals surface area (Å²) in [6.45, 7) is 0.0619. The van der Waals surface area contributed by atoms with Crippen LogP contribution in [0.2, 0.25) is 0 Å². The summed E-state index contributed by atoms with van der Waals surface area (Å²) in [5.41, 5.74) is 3.03. The SMILES string of the molecule is CS(=O)(=O)c1ccc(-c2cc3nccc(-c4cccc(C(=O)N5CCC[C@H]5C(F)(F)F)c4)c3o2)cc1. The van der Waals surface area contributed by atoms with Crippen LogP contribution in [0.15, 0.2) is 76.2 Å². The molecule has 1 saturated heterocycles. The van der Waals surface area contributed by atoms with Gasteiger partial charge in [0.15, 0.2) is 15.4 Å². The average molecular weight is 515 g/mol. The lowest BCUT2D eigenvalue weighted by Gasteiger charge is -2.26. The molecule has 36 heavy (non-hydrogen) atoms. The van der Waals surface area contributed by atoms with Gasteiger partial charge in [0.05, 0.1) is 4.90 Å². The van der Waals surface area contributed by atoms with Crippen LogP contribution in [-0.4, -0.2) is 49.2 Å². The molecule has 1 aliphatic heterocycles. The van der Waals surface area contributed by atoms with Gasteiger partial charge >= 0.3 is 6.18 Å². The van der Waals surface area contributed by atoms with Gasteiger partial charge in [-0.15, -0.1) is 0 Å². The zero-order valence-electron chi connectivity index (χ0n) is 19.1. The van der Waals surface area contributed by atoms with E-state index in [1.165, 1.54) is 18.2 Å². The minimum absolute atomic E-state index is 0.0619. The summed E-state index contributed by atoms with van der Waals surface area (Å²) < 4.78 is 69.7. The zero-order chi connectivity index (χ0) is 25.7. The summed E-state index contributed by atoms with van der Waals surface area (Å²) in [7, 11) is -3.33. The van der Waals surface area contributed by atoms with Gasteiger partial charge in [-0.3, -0.25) is 9.78 Å². The maximum atomic E-state index is 13.4. The molecule has 0 aliphatic carbocycles. The first kappa shape index (κ1) is 24.1. The number of rotatable bonds is 4.